The molecule has 1 unspecified atom stereocenters. The molecule has 0 aliphatic carbocycles. The molecule has 0 aromatic heterocycles. The number of carbonyl (C=O) groups excluding carboxylic acids is 2. The summed E-state index contributed by atoms with van der Waals surface area (Å²) in [4.78, 5) is 27.5. The summed E-state index contributed by atoms with van der Waals surface area (Å²) in [6.45, 7) is 0.0951. The highest BCUT2D eigenvalue weighted by atomic mass is 35.5. The Bertz CT molecular complexity index is 844. The van der Waals surface area contributed by atoms with E-state index in [4.69, 9.17) is 11.6 Å². The molecular weight excluding hydrogens is 350 g/mol. The number of anilines is 2. The Morgan fingerprint density at radius 3 is 2.60 bits per heavy atom. The van der Waals surface area contributed by atoms with E-state index in [-0.39, 0.29) is 35.5 Å². The Morgan fingerprint density at radius 1 is 1.20 bits per heavy atom. The summed E-state index contributed by atoms with van der Waals surface area (Å²) in [7, 11) is 1.53. The number of para-hydroxylation sites is 1. The van der Waals surface area contributed by atoms with Crippen LogP contribution in [0.4, 0.5) is 20.2 Å². The zero-order valence-corrected chi connectivity index (χ0v) is 14.1. The number of benzene rings is 2. The highest BCUT2D eigenvalue weighted by molar-refractivity contribution is 6.31. The summed E-state index contributed by atoms with van der Waals surface area (Å²) in [6, 6.07) is 9.90. The lowest BCUT2D eigenvalue weighted by atomic mass is 10.1. The summed E-state index contributed by atoms with van der Waals surface area (Å²) in [5, 5.41) is -0.0902. The molecule has 1 fully saturated rings. The van der Waals surface area contributed by atoms with Gasteiger partial charge in [0.2, 0.25) is 11.8 Å². The number of hydrogen-bond acceptors (Lipinski definition) is 2. The third-order valence-electron chi connectivity index (χ3n) is 4.24. The molecule has 7 heteroatoms. The van der Waals surface area contributed by atoms with Gasteiger partial charge in [0, 0.05) is 25.7 Å². The van der Waals surface area contributed by atoms with E-state index in [9.17, 15) is 18.4 Å². The van der Waals surface area contributed by atoms with Gasteiger partial charge in [-0.05, 0) is 30.3 Å². The van der Waals surface area contributed by atoms with Crippen molar-refractivity contribution in [1.82, 2.24) is 0 Å². The number of hydrogen-bond donors (Lipinski definition) is 0. The smallest absolute Gasteiger partial charge is 0.232 e. The van der Waals surface area contributed by atoms with Gasteiger partial charge in [-0.15, -0.1) is 0 Å². The predicted octanol–water partition coefficient (Wildman–Crippen LogP) is 3.63. The van der Waals surface area contributed by atoms with Crippen molar-refractivity contribution in [1.29, 1.82) is 0 Å². The molecule has 0 saturated carbocycles. The number of carbonyl (C=O) groups is 2. The van der Waals surface area contributed by atoms with E-state index in [1.165, 1.54) is 53.2 Å². The van der Waals surface area contributed by atoms with E-state index in [0.717, 1.165) is 0 Å². The minimum Gasteiger partial charge on any atom is -0.315 e. The van der Waals surface area contributed by atoms with Crippen LogP contribution in [0.1, 0.15) is 6.42 Å². The van der Waals surface area contributed by atoms with Gasteiger partial charge in [-0.25, -0.2) is 8.78 Å². The van der Waals surface area contributed by atoms with E-state index in [2.05, 4.69) is 0 Å². The minimum atomic E-state index is -0.610. The maximum Gasteiger partial charge on any atom is 0.232 e. The molecule has 1 aliphatic heterocycles. The molecule has 25 heavy (non-hydrogen) atoms. The fourth-order valence-electron chi connectivity index (χ4n) is 2.87. The minimum absolute atomic E-state index is 0.00751. The van der Waals surface area contributed by atoms with Crippen LogP contribution in [0, 0.1) is 17.6 Å². The first-order chi connectivity index (χ1) is 11.9. The lowest BCUT2D eigenvalue weighted by Gasteiger charge is -2.22. The largest absolute Gasteiger partial charge is 0.315 e. The Balaban J connectivity index is 1.78. The van der Waals surface area contributed by atoms with Gasteiger partial charge in [-0.2, -0.15) is 0 Å². The first kappa shape index (κ1) is 17.4. The second kappa shape index (κ2) is 6.80. The number of amides is 2. The molecule has 2 amide bonds. The second-order valence-corrected chi connectivity index (χ2v) is 6.26. The second-order valence-electron chi connectivity index (χ2n) is 5.85. The van der Waals surface area contributed by atoms with Crippen LogP contribution >= 0.6 is 11.6 Å². The molecule has 2 aromatic carbocycles. The third-order valence-corrected chi connectivity index (χ3v) is 4.53. The van der Waals surface area contributed by atoms with E-state index in [1.807, 2.05) is 0 Å². The van der Waals surface area contributed by atoms with Gasteiger partial charge in [0.05, 0.1) is 16.6 Å². The van der Waals surface area contributed by atoms with Gasteiger partial charge in [-0.1, -0.05) is 23.7 Å². The van der Waals surface area contributed by atoms with Crippen LogP contribution in [0.25, 0.3) is 0 Å². The summed E-state index contributed by atoms with van der Waals surface area (Å²) in [6.07, 6.45) is -0.00751. The van der Waals surface area contributed by atoms with Gasteiger partial charge >= 0.3 is 0 Å². The van der Waals surface area contributed by atoms with Gasteiger partial charge in [0.1, 0.15) is 11.6 Å². The molecule has 4 nitrogen and oxygen atoms in total. The summed E-state index contributed by atoms with van der Waals surface area (Å²) >= 11 is 5.75. The molecular formula is C18H15ClF2N2O2. The average Bonchev–Trinajstić information content (AvgIpc) is 2.98. The summed E-state index contributed by atoms with van der Waals surface area (Å²) < 4.78 is 27.2. The van der Waals surface area contributed by atoms with Crippen LogP contribution in [0.2, 0.25) is 5.02 Å². The maximum atomic E-state index is 13.9. The quantitative estimate of drug-likeness (QED) is 0.834. The SMILES string of the molecule is CN(C(=O)C1CC(=O)N(c2ccccc2F)C1)c1ccc(F)c(Cl)c1. The van der Waals surface area contributed by atoms with Crippen LogP contribution in [0.5, 0.6) is 0 Å². The zero-order valence-electron chi connectivity index (χ0n) is 13.4. The van der Waals surface area contributed by atoms with Crippen molar-refractivity contribution in [3.05, 3.63) is 59.1 Å². The Morgan fingerprint density at radius 2 is 1.92 bits per heavy atom. The normalized spacial score (nSPS) is 17.0. The Labute approximate surface area is 148 Å². The number of nitrogens with zero attached hydrogens (tertiary/aromatic N) is 2. The van der Waals surface area contributed by atoms with Gasteiger partial charge < -0.3 is 9.80 Å². The fourth-order valence-corrected chi connectivity index (χ4v) is 3.05. The average molecular weight is 365 g/mol. The zero-order chi connectivity index (χ0) is 18.1. The highest BCUT2D eigenvalue weighted by Gasteiger charge is 2.37. The molecule has 3 rings (SSSR count). The van der Waals surface area contributed by atoms with Gasteiger partial charge in [0.15, 0.2) is 0 Å². The molecule has 2 aromatic rings. The topological polar surface area (TPSA) is 40.6 Å². The van der Waals surface area contributed by atoms with Crippen molar-refractivity contribution in [2.24, 2.45) is 5.92 Å². The van der Waals surface area contributed by atoms with Crippen LogP contribution < -0.4 is 9.80 Å². The summed E-state index contributed by atoms with van der Waals surface area (Å²) in [5.74, 6) is -2.32. The van der Waals surface area contributed by atoms with Crippen molar-refractivity contribution in [2.75, 3.05) is 23.4 Å². The van der Waals surface area contributed by atoms with Crippen LogP contribution in [-0.4, -0.2) is 25.4 Å². The van der Waals surface area contributed by atoms with Crippen LogP contribution in [0.3, 0.4) is 0 Å². The van der Waals surface area contributed by atoms with Crippen molar-refractivity contribution >= 4 is 34.8 Å². The standard InChI is InChI=1S/C18H15ClF2N2O2/c1-22(12-6-7-14(20)13(19)9-12)18(25)11-8-17(24)23(10-11)16-5-3-2-4-15(16)21/h2-7,9,11H,8,10H2,1H3. The van der Waals surface area contributed by atoms with E-state index in [0.29, 0.717) is 5.69 Å². The van der Waals surface area contributed by atoms with Crippen LogP contribution in [0.15, 0.2) is 42.5 Å². The van der Waals surface area contributed by atoms with E-state index in [1.54, 1.807) is 6.07 Å². The van der Waals surface area contributed by atoms with Gasteiger partial charge in [0.25, 0.3) is 0 Å². The first-order valence-electron chi connectivity index (χ1n) is 7.66. The summed E-state index contributed by atoms with van der Waals surface area (Å²) in [5.41, 5.74) is 0.587. The van der Waals surface area contributed by atoms with Crippen molar-refractivity contribution in [3.8, 4) is 0 Å². The monoisotopic (exact) mass is 364 g/mol. The van der Waals surface area contributed by atoms with Gasteiger partial charge in [-0.3, -0.25) is 9.59 Å². The molecule has 1 atom stereocenters. The number of rotatable bonds is 3. The van der Waals surface area contributed by atoms with Crippen LogP contribution in [-0.2, 0) is 9.59 Å². The lowest BCUT2D eigenvalue weighted by molar-refractivity contribution is -0.124. The Hall–Kier alpha value is -2.47. The first-order valence-corrected chi connectivity index (χ1v) is 8.04. The molecule has 0 spiro atoms. The van der Waals surface area contributed by atoms with E-state index < -0.39 is 17.6 Å². The molecule has 1 aliphatic rings. The molecule has 0 radical (unpaired) electrons. The highest BCUT2D eigenvalue weighted by Crippen LogP contribution is 2.30. The molecule has 1 saturated heterocycles. The van der Waals surface area contributed by atoms with E-state index >= 15 is 0 Å². The lowest BCUT2D eigenvalue weighted by Crippen LogP contribution is -2.34. The fraction of sp³-hybridized carbons (Fsp3) is 0.222. The predicted molar refractivity (Wildman–Crippen MR) is 91.7 cm³/mol. The molecule has 1 heterocycles. The molecule has 0 bridgehead atoms. The third kappa shape index (κ3) is 3.35. The maximum absolute atomic E-state index is 13.9. The Kier molecular flexibility index (Phi) is 4.72. The molecule has 130 valence electrons. The van der Waals surface area contributed by atoms with Crippen molar-refractivity contribution < 1.29 is 18.4 Å². The molecule has 0 N–H and O–H groups in total. The number of halogens is 3. The van der Waals surface area contributed by atoms with Crippen molar-refractivity contribution in [2.45, 2.75) is 6.42 Å². The van der Waals surface area contributed by atoms with Crippen molar-refractivity contribution in [3.63, 3.8) is 0 Å².